The Morgan fingerprint density at radius 2 is 1.91 bits per heavy atom. The summed E-state index contributed by atoms with van der Waals surface area (Å²) in [5.41, 5.74) is 2.35. The van der Waals surface area contributed by atoms with Gasteiger partial charge in [-0.3, -0.25) is 4.79 Å². The van der Waals surface area contributed by atoms with E-state index < -0.39 is 0 Å². The van der Waals surface area contributed by atoms with Crippen LogP contribution in [0.25, 0.3) is 6.08 Å². The lowest BCUT2D eigenvalue weighted by Crippen LogP contribution is -1.99. The van der Waals surface area contributed by atoms with Crippen molar-refractivity contribution >= 4 is 11.9 Å². The quantitative estimate of drug-likeness (QED) is 0.811. The van der Waals surface area contributed by atoms with E-state index in [2.05, 4.69) is 0 Å². The summed E-state index contributed by atoms with van der Waals surface area (Å²) in [7, 11) is 3.14. The maximum Gasteiger partial charge on any atom is 0.231 e. The number of methoxy groups -OCH3 is 2. The summed E-state index contributed by atoms with van der Waals surface area (Å²) in [4.78, 5) is 12.4. The van der Waals surface area contributed by atoms with Crippen molar-refractivity contribution in [2.75, 3.05) is 14.2 Å². The van der Waals surface area contributed by atoms with Crippen LogP contribution in [0.2, 0.25) is 0 Å². The second kappa shape index (κ2) is 5.56. The van der Waals surface area contributed by atoms with Gasteiger partial charge in [0, 0.05) is 5.56 Å². The molecule has 1 aliphatic rings. The number of ketones is 1. The Balaban J connectivity index is 2.03. The molecule has 0 unspecified atom stereocenters. The zero-order valence-corrected chi connectivity index (χ0v) is 12.7. The van der Waals surface area contributed by atoms with E-state index in [-0.39, 0.29) is 11.5 Å². The molecule has 0 aliphatic carbocycles. The number of Topliss-reactive ketones (excluding diaryl/α,β-unsaturated/α-hetero) is 1. The van der Waals surface area contributed by atoms with Gasteiger partial charge in [-0.25, -0.2) is 0 Å². The zero-order valence-electron chi connectivity index (χ0n) is 12.7. The Labute approximate surface area is 128 Å². The van der Waals surface area contributed by atoms with Gasteiger partial charge in [-0.1, -0.05) is 23.8 Å². The standard InChI is InChI=1S/C18H16O4/c1-11-7-8-14-13(9-11)17(19)16(22-14)10-12-5-4-6-15(20-2)18(12)21-3/h4-10H,1-3H3/b16-10-. The molecule has 2 aromatic rings. The van der Waals surface area contributed by atoms with E-state index in [9.17, 15) is 4.79 Å². The molecule has 0 bridgehead atoms. The van der Waals surface area contributed by atoms with Gasteiger partial charge in [-0.2, -0.15) is 0 Å². The fraction of sp³-hybridized carbons (Fsp3) is 0.167. The summed E-state index contributed by atoms with van der Waals surface area (Å²) in [5.74, 6) is 1.93. The number of hydrogen-bond acceptors (Lipinski definition) is 4. The number of aryl methyl sites for hydroxylation is 1. The molecule has 0 radical (unpaired) electrons. The van der Waals surface area contributed by atoms with Crippen LogP contribution in [0.3, 0.4) is 0 Å². The van der Waals surface area contributed by atoms with Gasteiger partial charge in [0.15, 0.2) is 17.3 Å². The summed E-state index contributed by atoms with van der Waals surface area (Å²) in [6, 6.07) is 11.1. The molecule has 0 aromatic heterocycles. The number of rotatable bonds is 3. The Morgan fingerprint density at radius 3 is 2.64 bits per heavy atom. The van der Waals surface area contributed by atoms with Crippen molar-refractivity contribution in [1.29, 1.82) is 0 Å². The van der Waals surface area contributed by atoms with Crippen molar-refractivity contribution in [1.82, 2.24) is 0 Å². The van der Waals surface area contributed by atoms with Gasteiger partial charge in [-0.15, -0.1) is 0 Å². The molecule has 1 aliphatic heterocycles. The van der Waals surface area contributed by atoms with Crippen molar-refractivity contribution in [3.63, 3.8) is 0 Å². The monoisotopic (exact) mass is 296 g/mol. The number of para-hydroxylation sites is 1. The molecule has 4 nitrogen and oxygen atoms in total. The largest absolute Gasteiger partial charge is 0.493 e. The SMILES string of the molecule is COc1cccc(/C=C2\Oc3ccc(C)cc3C2=O)c1OC. The maximum atomic E-state index is 12.4. The number of allylic oxidation sites excluding steroid dienone is 1. The normalized spacial score (nSPS) is 14.7. The smallest absolute Gasteiger partial charge is 0.231 e. The Kier molecular flexibility index (Phi) is 3.59. The highest BCUT2D eigenvalue weighted by Crippen LogP contribution is 2.36. The molecular weight excluding hydrogens is 280 g/mol. The van der Waals surface area contributed by atoms with Gasteiger partial charge >= 0.3 is 0 Å². The number of hydrogen-bond donors (Lipinski definition) is 0. The highest BCUT2D eigenvalue weighted by atomic mass is 16.5. The summed E-state index contributed by atoms with van der Waals surface area (Å²) in [6.07, 6.45) is 1.68. The molecule has 4 heteroatoms. The molecule has 3 rings (SSSR count). The molecule has 0 amide bonds. The first kappa shape index (κ1) is 14.2. The fourth-order valence-corrected chi connectivity index (χ4v) is 2.47. The Hall–Kier alpha value is -2.75. The second-order valence-corrected chi connectivity index (χ2v) is 5.02. The second-order valence-electron chi connectivity index (χ2n) is 5.02. The third-order valence-corrected chi connectivity index (χ3v) is 3.54. The van der Waals surface area contributed by atoms with E-state index in [1.165, 1.54) is 0 Å². The first-order chi connectivity index (χ1) is 10.6. The molecular formula is C18H16O4. The van der Waals surface area contributed by atoms with Gasteiger partial charge in [-0.05, 0) is 31.2 Å². The lowest BCUT2D eigenvalue weighted by atomic mass is 10.1. The van der Waals surface area contributed by atoms with Crippen LogP contribution >= 0.6 is 0 Å². The van der Waals surface area contributed by atoms with Crippen LogP contribution in [0.4, 0.5) is 0 Å². The van der Waals surface area contributed by atoms with Crippen LogP contribution in [0.15, 0.2) is 42.2 Å². The minimum atomic E-state index is -0.122. The highest BCUT2D eigenvalue weighted by molar-refractivity contribution is 6.14. The molecule has 0 fully saturated rings. The van der Waals surface area contributed by atoms with E-state index in [1.807, 2.05) is 37.3 Å². The predicted molar refractivity (Wildman–Crippen MR) is 83.7 cm³/mol. The molecule has 0 atom stereocenters. The van der Waals surface area contributed by atoms with Gasteiger partial charge in [0.25, 0.3) is 0 Å². The number of carbonyl (C=O) groups is 1. The Bertz CT molecular complexity index is 775. The zero-order chi connectivity index (χ0) is 15.7. The molecule has 0 saturated heterocycles. The molecule has 22 heavy (non-hydrogen) atoms. The van der Waals surface area contributed by atoms with E-state index in [1.54, 1.807) is 26.4 Å². The van der Waals surface area contributed by atoms with Crippen molar-refractivity contribution in [2.45, 2.75) is 6.92 Å². The molecule has 0 saturated carbocycles. The summed E-state index contributed by atoms with van der Waals surface area (Å²) >= 11 is 0. The van der Waals surface area contributed by atoms with Crippen LogP contribution in [-0.4, -0.2) is 20.0 Å². The molecule has 112 valence electrons. The predicted octanol–water partition coefficient (Wildman–Crippen LogP) is 3.63. The maximum absolute atomic E-state index is 12.4. The van der Waals surface area contributed by atoms with E-state index in [0.717, 1.165) is 11.1 Å². The number of ether oxygens (including phenoxy) is 3. The van der Waals surface area contributed by atoms with Gasteiger partial charge in [0.2, 0.25) is 5.78 Å². The molecule has 0 N–H and O–H groups in total. The van der Waals surface area contributed by atoms with Crippen LogP contribution in [-0.2, 0) is 0 Å². The number of benzene rings is 2. The lowest BCUT2D eigenvalue weighted by Gasteiger charge is -2.10. The third kappa shape index (κ3) is 2.33. The van der Waals surface area contributed by atoms with Crippen LogP contribution in [0.1, 0.15) is 21.5 Å². The van der Waals surface area contributed by atoms with E-state index in [4.69, 9.17) is 14.2 Å². The van der Waals surface area contributed by atoms with Gasteiger partial charge in [0.1, 0.15) is 5.75 Å². The highest BCUT2D eigenvalue weighted by Gasteiger charge is 2.27. The number of carbonyl (C=O) groups excluding carboxylic acids is 1. The summed E-state index contributed by atoms with van der Waals surface area (Å²) in [5, 5.41) is 0. The van der Waals surface area contributed by atoms with Crippen LogP contribution in [0.5, 0.6) is 17.2 Å². The van der Waals surface area contributed by atoms with E-state index in [0.29, 0.717) is 22.8 Å². The van der Waals surface area contributed by atoms with Gasteiger partial charge in [0.05, 0.1) is 19.8 Å². The fourth-order valence-electron chi connectivity index (χ4n) is 2.47. The van der Waals surface area contributed by atoms with Crippen molar-refractivity contribution in [3.05, 3.63) is 58.8 Å². The van der Waals surface area contributed by atoms with Crippen molar-refractivity contribution < 1.29 is 19.0 Å². The average Bonchev–Trinajstić information content (AvgIpc) is 2.83. The number of fused-ring (bicyclic) bond motifs is 1. The van der Waals surface area contributed by atoms with Crippen LogP contribution in [0, 0.1) is 6.92 Å². The molecule has 1 heterocycles. The lowest BCUT2D eigenvalue weighted by molar-refractivity contribution is 0.101. The first-order valence-electron chi connectivity index (χ1n) is 6.90. The first-order valence-corrected chi connectivity index (χ1v) is 6.90. The van der Waals surface area contributed by atoms with Gasteiger partial charge < -0.3 is 14.2 Å². The summed E-state index contributed by atoms with van der Waals surface area (Å²) < 4.78 is 16.3. The van der Waals surface area contributed by atoms with Crippen molar-refractivity contribution in [2.24, 2.45) is 0 Å². The van der Waals surface area contributed by atoms with Crippen LogP contribution < -0.4 is 14.2 Å². The minimum Gasteiger partial charge on any atom is -0.493 e. The Morgan fingerprint density at radius 1 is 1.09 bits per heavy atom. The van der Waals surface area contributed by atoms with Crippen molar-refractivity contribution in [3.8, 4) is 17.2 Å². The average molecular weight is 296 g/mol. The van der Waals surface area contributed by atoms with E-state index >= 15 is 0 Å². The molecule has 2 aromatic carbocycles. The third-order valence-electron chi connectivity index (χ3n) is 3.54. The minimum absolute atomic E-state index is 0.122. The molecule has 0 spiro atoms. The summed E-state index contributed by atoms with van der Waals surface area (Å²) in [6.45, 7) is 1.94. The topological polar surface area (TPSA) is 44.8 Å².